The third-order valence-electron chi connectivity index (χ3n) is 4.63. The highest BCUT2D eigenvalue weighted by Gasteiger charge is 2.29. The molecule has 1 saturated carbocycles. The fourth-order valence-corrected chi connectivity index (χ4v) is 2.92. The molecular weight excluding hydrogens is 363 g/mol. The standard InChI is InChI=1S/C19H15FN6O2/c20-14-5-3-12(4-6-14)18(27)21-10-16-24-23-15-9-13(7-8-26(15)16)19-22-17(25-28-19)11-1-2-11/h3-9,11H,1-2,10H2,(H,21,27). The van der Waals surface area contributed by atoms with Crippen LogP contribution in [-0.2, 0) is 6.54 Å². The van der Waals surface area contributed by atoms with E-state index in [1.54, 1.807) is 10.6 Å². The van der Waals surface area contributed by atoms with E-state index in [2.05, 4.69) is 25.7 Å². The zero-order chi connectivity index (χ0) is 19.1. The molecule has 1 aliphatic carbocycles. The summed E-state index contributed by atoms with van der Waals surface area (Å²) in [7, 11) is 0. The minimum Gasteiger partial charge on any atom is -0.345 e. The number of benzene rings is 1. The number of rotatable bonds is 5. The Morgan fingerprint density at radius 2 is 2.04 bits per heavy atom. The highest BCUT2D eigenvalue weighted by molar-refractivity contribution is 5.94. The summed E-state index contributed by atoms with van der Waals surface area (Å²) < 4.78 is 20.1. The molecule has 0 spiro atoms. The van der Waals surface area contributed by atoms with E-state index in [1.165, 1.54) is 24.3 Å². The van der Waals surface area contributed by atoms with Crippen LogP contribution >= 0.6 is 0 Å². The third-order valence-corrected chi connectivity index (χ3v) is 4.63. The fraction of sp³-hybridized carbons (Fsp3) is 0.211. The van der Waals surface area contributed by atoms with Crippen LogP contribution in [0.25, 0.3) is 17.1 Å². The lowest BCUT2D eigenvalue weighted by atomic mass is 10.2. The van der Waals surface area contributed by atoms with Gasteiger partial charge in [-0.3, -0.25) is 9.20 Å². The van der Waals surface area contributed by atoms with Crippen molar-refractivity contribution in [2.75, 3.05) is 0 Å². The maximum atomic E-state index is 13.0. The van der Waals surface area contributed by atoms with Crippen LogP contribution in [0, 0.1) is 5.82 Å². The molecule has 1 amide bonds. The summed E-state index contributed by atoms with van der Waals surface area (Å²) >= 11 is 0. The Labute approximate surface area is 158 Å². The number of fused-ring (bicyclic) bond motifs is 1. The lowest BCUT2D eigenvalue weighted by Crippen LogP contribution is -2.23. The van der Waals surface area contributed by atoms with Crippen molar-refractivity contribution in [1.82, 2.24) is 30.1 Å². The number of halogens is 1. The van der Waals surface area contributed by atoms with Gasteiger partial charge in [-0.2, -0.15) is 4.98 Å². The van der Waals surface area contributed by atoms with Crippen molar-refractivity contribution in [3.63, 3.8) is 0 Å². The second-order valence-corrected chi connectivity index (χ2v) is 6.68. The maximum absolute atomic E-state index is 13.0. The first kappa shape index (κ1) is 16.5. The van der Waals surface area contributed by atoms with Crippen LogP contribution in [0.1, 0.15) is 40.8 Å². The van der Waals surface area contributed by atoms with Gasteiger partial charge in [0.25, 0.3) is 11.8 Å². The average molecular weight is 378 g/mol. The monoisotopic (exact) mass is 378 g/mol. The Hall–Kier alpha value is -3.62. The third kappa shape index (κ3) is 3.11. The lowest BCUT2D eigenvalue weighted by Gasteiger charge is -2.04. The van der Waals surface area contributed by atoms with Gasteiger partial charge in [-0.1, -0.05) is 5.16 Å². The van der Waals surface area contributed by atoms with E-state index in [1.807, 2.05) is 12.1 Å². The van der Waals surface area contributed by atoms with Gasteiger partial charge < -0.3 is 9.84 Å². The van der Waals surface area contributed by atoms with Gasteiger partial charge in [0.2, 0.25) is 0 Å². The van der Waals surface area contributed by atoms with Gasteiger partial charge in [0.15, 0.2) is 17.3 Å². The van der Waals surface area contributed by atoms with E-state index in [4.69, 9.17) is 4.52 Å². The van der Waals surface area contributed by atoms with E-state index in [0.29, 0.717) is 28.8 Å². The Kier molecular flexibility index (Phi) is 3.85. The zero-order valence-corrected chi connectivity index (χ0v) is 14.7. The van der Waals surface area contributed by atoms with Crippen molar-refractivity contribution in [1.29, 1.82) is 0 Å². The molecule has 0 unspecified atom stereocenters. The second kappa shape index (κ2) is 6.52. The largest absolute Gasteiger partial charge is 0.345 e. The zero-order valence-electron chi connectivity index (χ0n) is 14.7. The first-order valence-electron chi connectivity index (χ1n) is 8.89. The molecule has 0 radical (unpaired) electrons. The van der Waals surface area contributed by atoms with Gasteiger partial charge in [-0.25, -0.2) is 4.39 Å². The number of nitrogens with zero attached hydrogens (tertiary/aromatic N) is 5. The molecule has 3 aromatic heterocycles. The Balaban J connectivity index is 1.33. The summed E-state index contributed by atoms with van der Waals surface area (Å²) in [6, 6.07) is 9.00. The van der Waals surface area contributed by atoms with Gasteiger partial charge in [-0.05, 0) is 49.2 Å². The highest BCUT2D eigenvalue weighted by Crippen LogP contribution is 2.38. The van der Waals surface area contributed by atoms with Crippen molar-refractivity contribution in [2.45, 2.75) is 25.3 Å². The van der Waals surface area contributed by atoms with Crippen LogP contribution in [-0.4, -0.2) is 30.6 Å². The van der Waals surface area contributed by atoms with Gasteiger partial charge in [-0.15, -0.1) is 10.2 Å². The van der Waals surface area contributed by atoms with Gasteiger partial charge in [0.1, 0.15) is 5.82 Å². The summed E-state index contributed by atoms with van der Waals surface area (Å²) in [5, 5.41) is 15.0. The molecule has 3 heterocycles. The normalized spacial score (nSPS) is 13.8. The molecule has 8 nitrogen and oxygen atoms in total. The van der Waals surface area contributed by atoms with E-state index < -0.39 is 0 Å². The second-order valence-electron chi connectivity index (χ2n) is 6.68. The predicted molar refractivity (Wildman–Crippen MR) is 95.8 cm³/mol. The van der Waals surface area contributed by atoms with Gasteiger partial charge in [0.05, 0.1) is 6.54 Å². The molecule has 0 bridgehead atoms. The maximum Gasteiger partial charge on any atom is 0.258 e. The Bertz CT molecular complexity index is 1160. The van der Waals surface area contributed by atoms with Crippen molar-refractivity contribution in [3.05, 3.63) is 65.6 Å². The van der Waals surface area contributed by atoms with E-state index >= 15 is 0 Å². The highest BCUT2D eigenvalue weighted by atomic mass is 19.1. The first-order valence-corrected chi connectivity index (χ1v) is 8.89. The molecule has 0 atom stereocenters. The summed E-state index contributed by atoms with van der Waals surface area (Å²) in [5.74, 6) is 1.50. The summed E-state index contributed by atoms with van der Waals surface area (Å²) in [6.07, 6.45) is 4.01. The molecule has 1 aliphatic rings. The van der Waals surface area contributed by atoms with Crippen LogP contribution in [0.15, 0.2) is 47.1 Å². The van der Waals surface area contributed by atoms with Crippen molar-refractivity contribution in [2.24, 2.45) is 0 Å². The molecular formula is C19H15FN6O2. The summed E-state index contributed by atoms with van der Waals surface area (Å²) in [6.45, 7) is 0.184. The van der Waals surface area contributed by atoms with Crippen molar-refractivity contribution >= 4 is 11.6 Å². The minimum absolute atomic E-state index is 0.184. The molecule has 140 valence electrons. The molecule has 9 heteroatoms. The molecule has 28 heavy (non-hydrogen) atoms. The lowest BCUT2D eigenvalue weighted by molar-refractivity contribution is 0.0949. The van der Waals surface area contributed by atoms with Gasteiger partial charge >= 0.3 is 0 Å². The molecule has 1 aromatic carbocycles. The molecule has 0 saturated heterocycles. The van der Waals surface area contributed by atoms with Crippen LogP contribution in [0.5, 0.6) is 0 Å². The van der Waals surface area contributed by atoms with Crippen molar-refractivity contribution < 1.29 is 13.7 Å². The van der Waals surface area contributed by atoms with E-state index in [9.17, 15) is 9.18 Å². The number of hydrogen-bond acceptors (Lipinski definition) is 6. The minimum atomic E-state index is -0.388. The molecule has 4 aromatic rings. The van der Waals surface area contributed by atoms with Crippen LogP contribution in [0.4, 0.5) is 4.39 Å². The fourth-order valence-electron chi connectivity index (χ4n) is 2.92. The SMILES string of the molecule is O=C(NCc1nnc2cc(-c3nc(C4CC4)no3)ccn12)c1ccc(F)cc1. The number of carbonyl (C=O) groups excluding carboxylic acids is 1. The topological polar surface area (TPSA) is 98.2 Å². The molecule has 1 fully saturated rings. The molecule has 0 aliphatic heterocycles. The summed E-state index contributed by atoms with van der Waals surface area (Å²) in [5.41, 5.74) is 1.75. The Morgan fingerprint density at radius 1 is 1.21 bits per heavy atom. The predicted octanol–water partition coefficient (Wildman–Crippen LogP) is 2.73. The number of aromatic nitrogens is 5. The first-order chi connectivity index (χ1) is 13.7. The number of amides is 1. The van der Waals surface area contributed by atoms with Crippen LogP contribution in [0.3, 0.4) is 0 Å². The number of hydrogen-bond donors (Lipinski definition) is 1. The van der Waals surface area contributed by atoms with Crippen LogP contribution in [0.2, 0.25) is 0 Å². The van der Waals surface area contributed by atoms with E-state index in [0.717, 1.165) is 24.2 Å². The number of pyridine rings is 1. The van der Waals surface area contributed by atoms with Crippen LogP contribution < -0.4 is 5.32 Å². The van der Waals surface area contributed by atoms with E-state index in [-0.39, 0.29) is 18.3 Å². The molecule has 5 rings (SSSR count). The average Bonchev–Trinajstić information content (AvgIpc) is 3.30. The number of nitrogens with one attached hydrogen (secondary N) is 1. The quantitative estimate of drug-likeness (QED) is 0.573. The number of carbonyl (C=O) groups is 1. The van der Waals surface area contributed by atoms with Gasteiger partial charge in [0, 0.05) is 23.2 Å². The Morgan fingerprint density at radius 3 is 2.82 bits per heavy atom. The summed E-state index contributed by atoms with van der Waals surface area (Å²) in [4.78, 5) is 16.6. The smallest absolute Gasteiger partial charge is 0.258 e. The molecule has 1 N–H and O–H groups in total. The van der Waals surface area contributed by atoms with Crippen molar-refractivity contribution in [3.8, 4) is 11.5 Å².